The molecular weight excluding hydrogens is 288 g/mol. The Labute approximate surface area is 126 Å². The van der Waals surface area contributed by atoms with Crippen LogP contribution in [0.15, 0.2) is 42.5 Å². The van der Waals surface area contributed by atoms with Gasteiger partial charge >= 0.3 is 0 Å². The second-order valence-electron chi connectivity index (χ2n) is 5.08. The Morgan fingerprint density at radius 1 is 1.05 bits per heavy atom. The van der Waals surface area contributed by atoms with Gasteiger partial charge in [0.25, 0.3) is 0 Å². The van der Waals surface area contributed by atoms with E-state index < -0.39 is 0 Å². The van der Waals surface area contributed by atoms with E-state index in [4.69, 9.17) is 0 Å². The topological polar surface area (TPSA) is 12.0 Å². The SMILES string of the molecule is CNC(c1cc2ccc(F)cc2s1)c1cc(C)ccc1F. The predicted molar refractivity (Wildman–Crippen MR) is 83.8 cm³/mol. The molecule has 3 rings (SSSR count). The van der Waals surface area contributed by atoms with Crippen LogP contribution < -0.4 is 5.32 Å². The van der Waals surface area contributed by atoms with E-state index in [0.29, 0.717) is 5.56 Å². The average molecular weight is 303 g/mol. The standard InChI is InChI=1S/C17H15F2NS/c1-10-3-6-14(19)13(7-10)17(20-2)16-8-11-4-5-12(18)9-15(11)21-16/h3-9,17,20H,1-2H3. The Kier molecular flexibility index (Phi) is 3.74. The van der Waals surface area contributed by atoms with Crippen molar-refractivity contribution in [3.63, 3.8) is 0 Å². The van der Waals surface area contributed by atoms with Crippen molar-refractivity contribution in [1.29, 1.82) is 0 Å². The van der Waals surface area contributed by atoms with Crippen molar-refractivity contribution in [2.24, 2.45) is 0 Å². The molecular formula is C17H15F2NS. The van der Waals surface area contributed by atoms with Crippen LogP contribution in [0.25, 0.3) is 10.1 Å². The third-order valence-electron chi connectivity index (χ3n) is 3.54. The fraction of sp³-hybridized carbons (Fsp3) is 0.176. The molecule has 0 aliphatic carbocycles. The first-order valence-corrected chi connectivity index (χ1v) is 7.52. The zero-order chi connectivity index (χ0) is 15.0. The van der Waals surface area contributed by atoms with Crippen molar-refractivity contribution >= 4 is 21.4 Å². The number of halogens is 2. The van der Waals surface area contributed by atoms with Gasteiger partial charge in [-0.2, -0.15) is 0 Å². The van der Waals surface area contributed by atoms with Gasteiger partial charge in [-0.25, -0.2) is 8.78 Å². The van der Waals surface area contributed by atoms with Crippen molar-refractivity contribution in [2.75, 3.05) is 7.05 Å². The lowest BCUT2D eigenvalue weighted by Gasteiger charge is -2.16. The van der Waals surface area contributed by atoms with Crippen LogP contribution in [0.3, 0.4) is 0 Å². The van der Waals surface area contributed by atoms with Gasteiger partial charge in [0.15, 0.2) is 0 Å². The van der Waals surface area contributed by atoms with Crippen molar-refractivity contribution in [3.05, 3.63) is 70.1 Å². The molecule has 1 nitrogen and oxygen atoms in total. The molecule has 0 spiro atoms. The van der Waals surface area contributed by atoms with E-state index in [9.17, 15) is 8.78 Å². The first kappa shape index (κ1) is 14.2. The van der Waals surface area contributed by atoms with Gasteiger partial charge in [0, 0.05) is 15.1 Å². The largest absolute Gasteiger partial charge is 0.309 e. The van der Waals surface area contributed by atoms with Crippen LogP contribution in [0.5, 0.6) is 0 Å². The maximum Gasteiger partial charge on any atom is 0.128 e. The maximum atomic E-state index is 14.1. The van der Waals surface area contributed by atoms with Gasteiger partial charge < -0.3 is 5.32 Å². The molecule has 108 valence electrons. The molecule has 0 amide bonds. The minimum atomic E-state index is -0.251. The van der Waals surface area contributed by atoms with Gasteiger partial charge in [-0.15, -0.1) is 11.3 Å². The monoisotopic (exact) mass is 303 g/mol. The zero-order valence-corrected chi connectivity index (χ0v) is 12.6. The Morgan fingerprint density at radius 2 is 1.86 bits per heavy atom. The van der Waals surface area contributed by atoms with E-state index >= 15 is 0 Å². The van der Waals surface area contributed by atoms with E-state index in [2.05, 4.69) is 5.32 Å². The number of thiophene rings is 1. The molecule has 0 fully saturated rings. The summed E-state index contributed by atoms with van der Waals surface area (Å²) >= 11 is 1.48. The number of aryl methyl sites for hydroxylation is 1. The summed E-state index contributed by atoms with van der Waals surface area (Å²) in [5.74, 6) is -0.484. The molecule has 0 saturated heterocycles. The summed E-state index contributed by atoms with van der Waals surface area (Å²) in [6.07, 6.45) is 0. The van der Waals surface area contributed by atoms with E-state index in [0.717, 1.165) is 20.5 Å². The van der Waals surface area contributed by atoms with Crippen molar-refractivity contribution < 1.29 is 8.78 Å². The second-order valence-corrected chi connectivity index (χ2v) is 6.19. The fourth-order valence-electron chi connectivity index (χ4n) is 2.50. The van der Waals surface area contributed by atoms with Crippen molar-refractivity contribution in [3.8, 4) is 0 Å². The van der Waals surface area contributed by atoms with Crippen LogP contribution in [0.1, 0.15) is 22.0 Å². The first-order chi connectivity index (χ1) is 10.1. The molecule has 0 bridgehead atoms. The van der Waals surface area contributed by atoms with Crippen LogP contribution in [0.4, 0.5) is 8.78 Å². The van der Waals surface area contributed by atoms with E-state index in [1.165, 1.54) is 29.5 Å². The Hall–Kier alpha value is -1.78. The smallest absolute Gasteiger partial charge is 0.128 e. The number of hydrogen-bond acceptors (Lipinski definition) is 2. The Morgan fingerprint density at radius 3 is 2.62 bits per heavy atom. The Balaban J connectivity index is 2.11. The number of fused-ring (bicyclic) bond motifs is 1. The number of hydrogen-bond donors (Lipinski definition) is 1. The normalized spacial score (nSPS) is 12.8. The maximum absolute atomic E-state index is 14.1. The fourth-order valence-corrected chi connectivity index (χ4v) is 3.72. The minimum Gasteiger partial charge on any atom is -0.309 e. The highest BCUT2D eigenvalue weighted by molar-refractivity contribution is 7.19. The number of nitrogens with one attached hydrogen (secondary N) is 1. The summed E-state index contributed by atoms with van der Waals surface area (Å²) in [4.78, 5) is 0.975. The highest BCUT2D eigenvalue weighted by atomic mass is 32.1. The second kappa shape index (κ2) is 5.54. The van der Waals surface area contributed by atoms with Gasteiger partial charge in [-0.3, -0.25) is 0 Å². The zero-order valence-electron chi connectivity index (χ0n) is 11.8. The number of benzene rings is 2. The highest BCUT2D eigenvalue weighted by Gasteiger charge is 2.18. The number of rotatable bonds is 3. The summed E-state index contributed by atoms with van der Waals surface area (Å²) in [6, 6.07) is 11.6. The average Bonchev–Trinajstić information content (AvgIpc) is 2.86. The lowest BCUT2D eigenvalue weighted by Crippen LogP contribution is -2.18. The van der Waals surface area contributed by atoms with Gasteiger partial charge in [0.2, 0.25) is 0 Å². The lowest BCUT2D eigenvalue weighted by atomic mass is 10.0. The van der Waals surface area contributed by atoms with Gasteiger partial charge in [0.1, 0.15) is 11.6 Å². The third-order valence-corrected chi connectivity index (χ3v) is 4.70. The minimum absolute atomic E-state index is 0.231. The Bertz CT molecular complexity index is 795. The van der Waals surface area contributed by atoms with Crippen LogP contribution in [0.2, 0.25) is 0 Å². The molecule has 0 radical (unpaired) electrons. The van der Waals surface area contributed by atoms with Crippen LogP contribution >= 0.6 is 11.3 Å². The van der Waals surface area contributed by atoms with Crippen LogP contribution in [-0.2, 0) is 0 Å². The lowest BCUT2D eigenvalue weighted by molar-refractivity contribution is 0.579. The first-order valence-electron chi connectivity index (χ1n) is 6.71. The van der Waals surface area contributed by atoms with E-state index in [1.807, 2.05) is 19.1 Å². The molecule has 1 unspecified atom stereocenters. The van der Waals surface area contributed by atoms with Crippen LogP contribution in [0, 0.1) is 18.6 Å². The summed E-state index contributed by atoms with van der Waals surface area (Å²) in [6.45, 7) is 1.94. The molecule has 1 N–H and O–H groups in total. The molecule has 2 aromatic carbocycles. The molecule has 0 aliphatic rings. The highest BCUT2D eigenvalue weighted by Crippen LogP contribution is 2.34. The molecule has 4 heteroatoms. The summed E-state index contributed by atoms with van der Waals surface area (Å²) < 4.78 is 28.3. The van der Waals surface area contributed by atoms with E-state index in [1.54, 1.807) is 19.2 Å². The quantitative estimate of drug-likeness (QED) is 0.733. The van der Waals surface area contributed by atoms with Crippen molar-refractivity contribution in [2.45, 2.75) is 13.0 Å². The molecule has 1 heterocycles. The molecule has 0 aliphatic heterocycles. The molecule has 1 atom stereocenters. The molecule has 0 saturated carbocycles. The predicted octanol–water partition coefficient (Wildman–Crippen LogP) is 4.80. The van der Waals surface area contributed by atoms with Gasteiger partial charge in [-0.1, -0.05) is 23.8 Å². The van der Waals surface area contributed by atoms with Crippen LogP contribution in [-0.4, -0.2) is 7.05 Å². The van der Waals surface area contributed by atoms with Gasteiger partial charge in [-0.05, 0) is 43.6 Å². The summed E-state index contributed by atoms with van der Waals surface area (Å²) in [5.41, 5.74) is 1.63. The molecule has 3 aromatic rings. The summed E-state index contributed by atoms with van der Waals surface area (Å²) in [5, 5.41) is 4.13. The van der Waals surface area contributed by atoms with E-state index in [-0.39, 0.29) is 17.7 Å². The van der Waals surface area contributed by atoms with Gasteiger partial charge in [0.05, 0.1) is 6.04 Å². The summed E-state index contributed by atoms with van der Waals surface area (Å²) in [7, 11) is 1.80. The third kappa shape index (κ3) is 2.69. The molecule has 21 heavy (non-hydrogen) atoms. The van der Waals surface area contributed by atoms with Crippen molar-refractivity contribution in [1.82, 2.24) is 5.32 Å². The molecule has 1 aromatic heterocycles.